The Kier molecular flexibility index (Phi) is 4.56. The summed E-state index contributed by atoms with van der Waals surface area (Å²) in [5.41, 5.74) is 4.62. The molecule has 0 aliphatic heterocycles. The Morgan fingerprint density at radius 2 is 1.96 bits per heavy atom. The number of benzene rings is 1. The zero-order valence-electron chi connectivity index (χ0n) is 14.9. The number of aromatic nitrogens is 3. The minimum atomic E-state index is -0.156. The lowest BCUT2D eigenvalue weighted by atomic mass is 10.1. The fourth-order valence-corrected chi connectivity index (χ4v) is 3.45. The lowest BCUT2D eigenvalue weighted by Crippen LogP contribution is -2.22. The van der Waals surface area contributed by atoms with Crippen molar-refractivity contribution in [3.05, 3.63) is 59.0 Å². The normalized spacial score (nSPS) is 13.9. The Morgan fingerprint density at radius 1 is 1.15 bits per heavy atom. The highest BCUT2D eigenvalue weighted by Crippen LogP contribution is 2.22. The summed E-state index contributed by atoms with van der Waals surface area (Å²) in [5.74, 6) is 0.643. The second kappa shape index (κ2) is 7.15. The number of carbonyl (C=O) groups excluding carboxylic acids is 1. The standard InChI is InChI=1S/C20H22N4O2/c1-26-16-9-7-14(8-10-16)11-22-20(25)17-13-23-24-18-6-4-2-3-5-15(18)12-21-19(17)24/h7-10,12-13H,2-6,11H2,1H3,(H,22,25). The third-order valence-corrected chi connectivity index (χ3v) is 4.93. The smallest absolute Gasteiger partial charge is 0.257 e. The van der Waals surface area contributed by atoms with Gasteiger partial charge >= 0.3 is 0 Å². The highest BCUT2D eigenvalue weighted by molar-refractivity contribution is 5.99. The van der Waals surface area contributed by atoms with Crippen molar-refractivity contribution in [2.24, 2.45) is 0 Å². The summed E-state index contributed by atoms with van der Waals surface area (Å²) in [6.07, 6.45) is 9.14. The Labute approximate surface area is 152 Å². The molecule has 0 saturated heterocycles. The maximum atomic E-state index is 12.6. The van der Waals surface area contributed by atoms with Gasteiger partial charge < -0.3 is 10.1 Å². The van der Waals surface area contributed by atoms with E-state index in [1.165, 1.54) is 24.1 Å². The average molecular weight is 350 g/mol. The first kappa shape index (κ1) is 16.6. The van der Waals surface area contributed by atoms with Crippen LogP contribution >= 0.6 is 0 Å². The molecule has 26 heavy (non-hydrogen) atoms. The van der Waals surface area contributed by atoms with E-state index >= 15 is 0 Å². The molecule has 4 rings (SSSR count). The Morgan fingerprint density at radius 3 is 2.77 bits per heavy atom. The van der Waals surface area contributed by atoms with Crippen LogP contribution in [-0.4, -0.2) is 27.6 Å². The lowest BCUT2D eigenvalue weighted by Gasteiger charge is -2.08. The van der Waals surface area contributed by atoms with Gasteiger partial charge in [0.1, 0.15) is 11.3 Å². The predicted octanol–water partition coefficient (Wildman–Crippen LogP) is 2.94. The summed E-state index contributed by atoms with van der Waals surface area (Å²) < 4.78 is 7.00. The first-order valence-corrected chi connectivity index (χ1v) is 9.02. The third kappa shape index (κ3) is 3.14. The minimum absolute atomic E-state index is 0.156. The predicted molar refractivity (Wildman–Crippen MR) is 98.4 cm³/mol. The van der Waals surface area contributed by atoms with Crippen molar-refractivity contribution >= 4 is 11.6 Å². The van der Waals surface area contributed by atoms with E-state index in [-0.39, 0.29) is 5.91 Å². The zero-order valence-corrected chi connectivity index (χ0v) is 14.9. The topological polar surface area (TPSA) is 68.5 Å². The van der Waals surface area contributed by atoms with Crippen molar-refractivity contribution in [1.29, 1.82) is 0 Å². The molecule has 0 spiro atoms. The van der Waals surface area contributed by atoms with Crippen molar-refractivity contribution < 1.29 is 9.53 Å². The Hall–Kier alpha value is -2.89. The van der Waals surface area contributed by atoms with Crippen LogP contribution in [0, 0.1) is 0 Å². The summed E-state index contributed by atoms with van der Waals surface area (Å²) in [5, 5.41) is 7.40. The van der Waals surface area contributed by atoms with E-state index in [0.717, 1.165) is 30.6 Å². The molecule has 2 heterocycles. The zero-order chi connectivity index (χ0) is 17.9. The van der Waals surface area contributed by atoms with Crippen molar-refractivity contribution in [2.75, 3.05) is 7.11 Å². The van der Waals surface area contributed by atoms with Crippen LogP contribution < -0.4 is 10.1 Å². The van der Waals surface area contributed by atoms with E-state index in [9.17, 15) is 4.79 Å². The average Bonchev–Trinajstić information content (AvgIpc) is 2.97. The quantitative estimate of drug-likeness (QED) is 0.735. The number of nitrogens with zero attached hydrogens (tertiary/aromatic N) is 3. The lowest BCUT2D eigenvalue weighted by molar-refractivity contribution is 0.0952. The van der Waals surface area contributed by atoms with Crippen LogP contribution in [0.1, 0.15) is 46.4 Å². The van der Waals surface area contributed by atoms with E-state index in [1.807, 2.05) is 35.0 Å². The number of hydrogen-bond donors (Lipinski definition) is 1. The molecule has 2 aromatic heterocycles. The van der Waals surface area contributed by atoms with E-state index in [2.05, 4.69) is 15.4 Å². The second-order valence-electron chi connectivity index (χ2n) is 6.62. The molecule has 1 N–H and O–H groups in total. The van der Waals surface area contributed by atoms with Gasteiger partial charge in [0.05, 0.1) is 13.3 Å². The van der Waals surface area contributed by atoms with Gasteiger partial charge in [-0.2, -0.15) is 5.10 Å². The van der Waals surface area contributed by atoms with Gasteiger partial charge in [-0.1, -0.05) is 18.6 Å². The Balaban J connectivity index is 1.54. The minimum Gasteiger partial charge on any atom is -0.497 e. The van der Waals surface area contributed by atoms with Crippen LogP contribution in [0.4, 0.5) is 0 Å². The molecular weight excluding hydrogens is 328 g/mol. The molecule has 0 fully saturated rings. The van der Waals surface area contributed by atoms with Crippen molar-refractivity contribution in [3.63, 3.8) is 0 Å². The van der Waals surface area contributed by atoms with Crippen molar-refractivity contribution in [3.8, 4) is 5.75 Å². The van der Waals surface area contributed by atoms with Crippen LogP contribution in [0.15, 0.2) is 36.7 Å². The molecule has 0 radical (unpaired) electrons. The van der Waals surface area contributed by atoms with E-state index in [1.54, 1.807) is 13.3 Å². The summed E-state index contributed by atoms with van der Waals surface area (Å²) in [6, 6.07) is 7.64. The first-order valence-electron chi connectivity index (χ1n) is 9.02. The number of aryl methyl sites for hydroxylation is 2. The van der Waals surface area contributed by atoms with Gasteiger partial charge in [-0.05, 0) is 48.9 Å². The molecule has 1 amide bonds. The highest BCUT2D eigenvalue weighted by Gasteiger charge is 2.18. The van der Waals surface area contributed by atoms with Crippen LogP contribution in [0.5, 0.6) is 5.75 Å². The number of amides is 1. The van der Waals surface area contributed by atoms with E-state index < -0.39 is 0 Å². The molecule has 3 aromatic rings. The molecule has 0 atom stereocenters. The fourth-order valence-electron chi connectivity index (χ4n) is 3.45. The van der Waals surface area contributed by atoms with Gasteiger partial charge in [0, 0.05) is 18.4 Å². The SMILES string of the molecule is COc1ccc(CNC(=O)c2cnn3c4c(cnc23)CCCCC4)cc1. The maximum Gasteiger partial charge on any atom is 0.257 e. The van der Waals surface area contributed by atoms with Gasteiger partial charge in [0.25, 0.3) is 5.91 Å². The maximum absolute atomic E-state index is 12.6. The van der Waals surface area contributed by atoms with E-state index in [0.29, 0.717) is 17.8 Å². The molecule has 1 aliphatic rings. The monoisotopic (exact) mass is 350 g/mol. The van der Waals surface area contributed by atoms with Gasteiger partial charge in [-0.3, -0.25) is 4.79 Å². The highest BCUT2D eigenvalue weighted by atomic mass is 16.5. The molecule has 1 aliphatic carbocycles. The van der Waals surface area contributed by atoms with Crippen molar-refractivity contribution in [1.82, 2.24) is 19.9 Å². The molecular formula is C20H22N4O2. The van der Waals surface area contributed by atoms with Gasteiger partial charge in [0.15, 0.2) is 5.65 Å². The number of hydrogen-bond acceptors (Lipinski definition) is 4. The van der Waals surface area contributed by atoms with E-state index in [4.69, 9.17) is 4.74 Å². The molecule has 134 valence electrons. The van der Waals surface area contributed by atoms with Crippen LogP contribution in [0.2, 0.25) is 0 Å². The number of fused-ring (bicyclic) bond motifs is 3. The number of rotatable bonds is 4. The molecule has 0 unspecified atom stereocenters. The van der Waals surface area contributed by atoms with Crippen LogP contribution in [0.25, 0.3) is 5.65 Å². The number of ether oxygens (including phenoxy) is 1. The summed E-state index contributed by atoms with van der Waals surface area (Å²) in [6.45, 7) is 0.450. The van der Waals surface area contributed by atoms with Gasteiger partial charge in [-0.15, -0.1) is 0 Å². The number of nitrogens with one attached hydrogen (secondary N) is 1. The number of methoxy groups -OCH3 is 1. The molecule has 0 saturated carbocycles. The molecule has 6 heteroatoms. The summed E-state index contributed by atoms with van der Waals surface area (Å²) in [7, 11) is 1.63. The van der Waals surface area contributed by atoms with Crippen LogP contribution in [-0.2, 0) is 19.4 Å². The molecule has 1 aromatic carbocycles. The molecule has 6 nitrogen and oxygen atoms in total. The van der Waals surface area contributed by atoms with Gasteiger partial charge in [0.2, 0.25) is 0 Å². The van der Waals surface area contributed by atoms with Crippen molar-refractivity contribution in [2.45, 2.75) is 38.6 Å². The fraction of sp³-hybridized carbons (Fsp3) is 0.350. The third-order valence-electron chi connectivity index (χ3n) is 4.93. The second-order valence-corrected chi connectivity index (χ2v) is 6.62. The summed E-state index contributed by atoms with van der Waals surface area (Å²) >= 11 is 0. The molecule has 0 bridgehead atoms. The first-order chi connectivity index (χ1) is 12.8. The van der Waals surface area contributed by atoms with Gasteiger partial charge in [-0.25, -0.2) is 9.50 Å². The largest absolute Gasteiger partial charge is 0.497 e. The number of carbonyl (C=O) groups is 1. The Bertz CT molecular complexity index is 931. The summed E-state index contributed by atoms with van der Waals surface area (Å²) in [4.78, 5) is 17.1. The van der Waals surface area contributed by atoms with Crippen LogP contribution in [0.3, 0.4) is 0 Å².